The van der Waals surface area contributed by atoms with Gasteiger partial charge in [0.1, 0.15) is 6.61 Å². The molecule has 2 saturated heterocycles. The topological polar surface area (TPSA) is 43.8 Å². The average Bonchev–Trinajstić information content (AvgIpc) is 3.11. The summed E-state index contributed by atoms with van der Waals surface area (Å²) in [5, 5.41) is 0. The molecule has 2 aromatic rings. The molecule has 2 unspecified atom stereocenters. The first kappa shape index (κ1) is 18.7. The highest BCUT2D eigenvalue weighted by atomic mass is 127. The van der Waals surface area contributed by atoms with Crippen molar-refractivity contribution in [2.75, 3.05) is 39.5 Å². The van der Waals surface area contributed by atoms with Crippen LogP contribution in [0.1, 0.15) is 11.1 Å². The molecule has 0 amide bonds. The fraction of sp³-hybridized carbons (Fsp3) is 0.381. The molecule has 2 atom stereocenters. The van der Waals surface area contributed by atoms with Gasteiger partial charge >= 0.3 is 0 Å². The monoisotopic (exact) mass is 476 g/mol. The highest BCUT2D eigenvalue weighted by Crippen LogP contribution is 2.19. The second-order valence-corrected chi connectivity index (χ2v) is 7.81. The molecule has 4 rings (SSSR count). The smallest absolute Gasteiger partial charge is 0.213 e. The maximum absolute atomic E-state index is 5.77. The number of benzene rings is 1. The summed E-state index contributed by atoms with van der Waals surface area (Å²) >= 11 is 2.28. The molecule has 0 radical (unpaired) electrons. The van der Waals surface area contributed by atoms with Gasteiger partial charge in [0.15, 0.2) is 0 Å². The lowest BCUT2D eigenvalue weighted by molar-refractivity contribution is -0.116. The van der Waals surface area contributed by atoms with E-state index < -0.39 is 0 Å². The SMILES string of the molecule is Ic1ccc(C#Cc2ccc(OCCN3CC4OCCOC4C3)nc2)cc1. The number of ether oxygens (including phenoxy) is 3. The Morgan fingerprint density at radius 2 is 1.67 bits per heavy atom. The molecule has 1 aromatic heterocycles. The van der Waals surface area contributed by atoms with Crippen LogP contribution in [0.25, 0.3) is 0 Å². The van der Waals surface area contributed by atoms with Crippen molar-refractivity contribution >= 4 is 22.6 Å². The first-order valence-electron chi connectivity index (χ1n) is 9.08. The van der Waals surface area contributed by atoms with Crippen molar-refractivity contribution in [2.45, 2.75) is 12.2 Å². The van der Waals surface area contributed by atoms with Gasteiger partial charge < -0.3 is 14.2 Å². The van der Waals surface area contributed by atoms with Crippen molar-refractivity contribution in [3.8, 4) is 17.7 Å². The number of likely N-dealkylation sites (tertiary alicyclic amines) is 1. The number of rotatable bonds is 4. The maximum Gasteiger partial charge on any atom is 0.213 e. The van der Waals surface area contributed by atoms with Crippen molar-refractivity contribution in [3.05, 3.63) is 57.3 Å². The number of halogens is 1. The van der Waals surface area contributed by atoms with Crippen LogP contribution >= 0.6 is 22.6 Å². The number of fused-ring (bicyclic) bond motifs is 1. The van der Waals surface area contributed by atoms with E-state index in [4.69, 9.17) is 14.2 Å². The van der Waals surface area contributed by atoms with Crippen LogP contribution < -0.4 is 4.74 Å². The second kappa shape index (κ2) is 9.02. The van der Waals surface area contributed by atoms with Crippen molar-refractivity contribution in [1.29, 1.82) is 0 Å². The molecule has 2 aliphatic rings. The Balaban J connectivity index is 1.24. The third-order valence-corrected chi connectivity index (χ3v) is 5.35. The first-order valence-corrected chi connectivity index (χ1v) is 10.2. The molecule has 0 saturated carbocycles. The van der Waals surface area contributed by atoms with E-state index >= 15 is 0 Å². The molecule has 3 heterocycles. The van der Waals surface area contributed by atoms with Crippen molar-refractivity contribution in [2.24, 2.45) is 0 Å². The molecule has 140 valence electrons. The minimum Gasteiger partial charge on any atom is -0.476 e. The molecule has 6 heteroatoms. The van der Waals surface area contributed by atoms with Crippen molar-refractivity contribution < 1.29 is 14.2 Å². The van der Waals surface area contributed by atoms with E-state index in [9.17, 15) is 0 Å². The Bertz CT molecular complexity index is 800. The molecule has 27 heavy (non-hydrogen) atoms. The van der Waals surface area contributed by atoms with Gasteiger partial charge in [-0.2, -0.15) is 0 Å². The third-order valence-electron chi connectivity index (χ3n) is 4.63. The van der Waals surface area contributed by atoms with Gasteiger partial charge in [0.2, 0.25) is 5.88 Å². The lowest BCUT2D eigenvalue weighted by Gasteiger charge is -2.24. The Labute approximate surface area is 173 Å². The lowest BCUT2D eigenvalue weighted by Crippen LogP contribution is -2.36. The van der Waals surface area contributed by atoms with Crippen LogP contribution in [0.2, 0.25) is 0 Å². The predicted octanol–water partition coefficient (Wildman–Crippen LogP) is 2.56. The highest BCUT2D eigenvalue weighted by Gasteiger charge is 2.36. The summed E-state index contributed by atoms with van der Waals surface area (Å²) in [4.78, 5) is 6.67. The molecule has 0 spiro atoms. The van der Waals surface area contributed by atoms with Gasteiger partial charge in [-0.05, 0) is 52.9 Å². The van der Waals surface area contributed by atoms with E-state index in [-0.39, 0.29) is 12.2 Å². The zero-order chi connectivity index (χ0) is 18.5. The van der Waals surface area contributed by atoms with Crippen molar-refractivity contribution in [1.82, 2.24) is 9.88 Å². The minimum atomic E-state index is 0.211. The molecule has 1 aromatic carbocycles. The standard InChI is InChI=1S/C21H21IN2O3/c22-18-6-3-16(4-7-18)1-2-17-5-8-21(23-13-17)27-10-9-24-14-19-20(15-24)26-12-11-25-19/h3-8,13,19-20H,9-12,14-15H2. The van der Waals surface area contributed by atoms with E-state index in [0.717, 1.165) is 30.8 Å². The summed E-state index contributed by atoms with van der Waals surface area (Å²) in [6.45, 7) is 4.67. The van der Waals surface area contributed by atoms with E-state index in [1.54, 1.807) is 6.20 Å². The zero-order valence-electron chi connectivity index (χ0n) is 14.9. The summed E-state index contributed by atoms with van der Waals surface area (Å²) in [5.74, 6) is 6.90. The quantitative estimate of drug-likeness (QED) is 0.502. The van der Waals surface area contributed by atoms with Gasteiger partial charge in [0.05, 0.1) is 25.4 Å². The molecule has 0 bridgehead atoms. The van der Waals surface area contributed by atoms with E-state index in [2.05, 4.69) is 44.3 Å². The number of hydrogen-bond acceptors (Lipinski definition) is 5. The van der Waals surface area contributed by atoms with Gasteiger partial charge in [-0.1, -0.05) is 11.8 Å². The number of nitrogens with zero attached hydrogens (tertiary/aromatic N) is 2. The van der Waals surface area contributed by atoms with Crippen molar-refractivity contribution in [3.63, 3.8) is 0 Å². The summed E-state index contributed by atoms with van der Waals surface area (Å²) in [6, 6.07) is 11.9. The molecule has 0 aliphatic carbocycles. The lowest BCUT2D eigenvalue weighted by atomic mass is 10.2. The van der Waals surface area contributed by atoms with Crippen LogP contribution in [0, 0.1) is 15.4 Å². The fourth-order valence-corrected chi connectivity index (χ4v) is 3.58. The zero-order valence-corrected chi connectivity index (χ0v) is 17.1. The summed E-state index contributed by atoms with van der Waals surface area (Å²) < 4.78 is 18.4. The first-order chi connectivity index (χ1) is 13.3. The fourth-order valence-electron chi connectivity index (χ4n) is 3.22. The Morgan fingerprint density at radius 1 is 1.00 bits per heavy atom. The van der Waals surface area contributed by atoms with Crippen LogP contribution in [-0.2, 0) is 9.47 Å². The van der Waals surface area contributed by atoms with E-state index in [1.165, 1.54) is 3.57 Å². The minimum absolute atomic E-state index is 0.211. The van der Waals surface area contributed by atoms with Gasteiger partial charge in [-0.3, -0.25) is 4.90 Å². The Morgan fingerprint density at radius 3 is 2.33 bits per heavy atom. The van der Waals surface area contributed by atoms with Crippen LogP contribution in [0.3, 0.4) is 0 Å². The molecule has 0 N–H and O–H groups in total. The summed E-state index contributed by atoms with van der Waals surface area (Å²) in [7, 11) is 0. The second-order valence-electron chi connectivity index (χ2n) is 6.57. The molecular formula is C21H21IN2O3. The van der Waals surface area contributed by atoms with Crippen LogP contribution in [-0.4, -0.2) is 61.5 Å². The number of pyridine rings is 1. The predicted molar refractivity (Wildman–Crippen MR) is 111 cm³/mol. The van der Waals surface area contributed by atoms with Gasteiger partial charge in [-0.25, -0.2) is 4.98 Å². The Kier molecular flexibility index (Phi) is 6.24. The van der Waals surface area contributed by atoms with Crippen LogP contribution in [0.15, 0.2) is 42.6 Å². The molecule has 2 aliphatic heterocycles. The normalized spacial score (nSPS) is 22.0. The van der Waals surface area contributed by atoms with E-state index in [0.29, 0.717) is 25.7 Å². The number of aromatic nitrogens is 1. The highest BCUT2D eigenvalue weighted by molar-refractivity contribution is 14.1. The maximum atomic E-state index is 5.77. The summed E-state index contributed by atoms with van der Waals surface area (Å²) in [5.41, 5.74) is 1.87. The van der Waals surface area contributed by atoms with Gasteiger partial charge in [0, 0.05) is 46.6 Å². The van der Waals surface area contributed by atoms with Crippen LogP contribution in [0.5, 0.6) is 5.88 Å². The third kappa shape index (κ3) is 5.20. The molecular weight excluding hydrogens is 455 g/mol. The largest absolute Gasteiger partial charge is 0.476 e. The number of hydrogen-bond donors (Lipinski definition) is 0. The van der Waals surface area contributed by atoms with Gasteiger partial charge in [-0.15, -0.1) is 0 Å². The molecule has 5 nitrogen and oxygen atoms in total. The average molecular weight is 476 g/mol. The molecule has 2 fully saturated rings. The Hall–Kier alpha value is -1.66. The summed E-state index contributed by atoms with van der Waals surface area (Å²) in [6.07, 6.45) is 2.17. The van der Waals surface area contributed by atoms with E-state index in [1.807, 2.05) is 36.4 Å². The van der Waals surface area contributed by atoms with Gasteiger partial charge in [0.25, 0.3) is 0 Å². The van der Waals surface area contributed by atoms with Crippen LogP contribution in [0.4, 0.5) is 0 Å².